The fraction of sp³-hybridized carbons (Fsp3) is 0.625. The Labute approximate surface area is 127 Å². The summed E-state index contributed by atoms with van der Waals surface area (Å²) in [6.07, 6.45) is 6.63. The molecule has 0 atom stereocenters. The Kier molecular flexibility index (Phi) is 6.47. The van der Waals surface area contributed by atoms with Crippen LogP contribution in [0.2, 0.25) is 0 Å². The number of carbonyl (C=O) groups is 1. The maximum absolute atomic E-state index is 12.1. The van der Waals surface area contributed by atoms with E-state index >= 15 is 0 Å². The Hall–Kier alpha value is -1.62. The maximum Gasteiger partial charge on any atom is 0.269 e. The van der Waals surface area contributed by atoms with E-state index in [1.165, 1.54) is 19.3 Å². The van der Waals surface area contributed by atoms with Gasteiger partial charge in [-0.25, -0.2) is 0 Å². The zero-order valence-corrected chi connectivity index (χ0v) is 12.9. The molecule has 1 amide bonds. The van der Waals surface area contributed by atoms with Crippen molar-refractivity contribution in [1.82, 2.24) is 15.2 Å². The summed E-state index contributed by atoms with van der Waals surface area (Å²) in [5.74, 6) is -0.0906. The number of hydrogen-bond acceptors (Lipinski definition) is 4. The van der Waals surface area contributed by atoms with Crippen molar-refractivity contribution < 1.29 is 4.79 Å². The third-order valence-corrected chi connectivity index (χ3v) is 3.73. The summed E-state index contributed by atoms with van der Waals surface area (Å²) in [6.45, 7) is 6.95. The monoisotopic (exact) mass is 290 g/mol. The molecular formula is C16H26N4O. The molecule has 5 heteroatoms. The lowest BCUT2D eigenvalue weighted by Gasteiger charge is -2.26. The lowest BCUT2D eigenvalue weighted by molar-refractivity contribution is 0.0941. The van der Waals surface area contributed by atoms with E-state index in [4.69, 9.17) is 0 Å². The number of nitrogens with zero attached hydrogens (tertiary/aromatic N) is 2. The SMILES string of the molecule is CCCNc1ccnc(C(=O)NCCN2CCCCC2)c1. The highest BCUT2D eigenvalue weighted by Crippen LogP contribution is 2.09. The number of pyridine rings is 1. The van der Waals surface area contributed by atoms with Gasteiger partial charge in [-0.2, -0.15) is 0 Å². The molecular weight excluding hydrogens is 264 g/mol. The average Bonchev–Trinajstić information content (AvgIpc) is 2.54. The fourth-order valence-electron chi connectivity index (χ4n) is 2.54. The summed E-state index contributed by atoms with van der Waals surface area (Å²) in [7, 11) is 0. The number of anilines is 1. The van der Waals surface area contributed by atoms with Crippen LogP contribution in [-0.2, 0) is 0 Å². The van der Waals surface area contributed by atoms with Gasteiger partial charge in [-0.1, -0.05) is 13.3 Å². The van der Waals surface area contributed by atoms with E-state index in [9.17, 15) is 4.79 Å². The molecule has 2 N–H and O–H groups in total. The van der Waals surface area contributed by atoms with Crippen LogP contribution in [0.4, 0.5) is 5.69 Å². The van der Waals surface area contributed by atoms with Gasteiger partial charge >= 0.3 is 0 Å². The highest BCUT2D eigenvalue weighted by molar-refractivity contribution is 5.93. The molecule has 1 aliphatic heterocycles. The molecule has 0 unspecified atom stereocenters. The quantitative estimate of drug-likeness (QED) is 0.807. The molecule has 1 aromatic heterocycles. The predicted molar refractivity (Wildman–Crippen MR) is 85.6 cm³/mol. The first-order valence-electron chi connectivity index (χ1n) is 8.00. The molecule has 0 saturated carbocycles. The summed E-state index contributed by atoms with van der Waals surface area (Å²) in [5.41, 5.74) is 1.43. The molecule has 0 aromatic carbocycles. The topological polar surface area (TPSA) is 57.3 Å². The molecule has 21 heavy (non-hydrogen) atoms. The standard InChI is InChI=1S/C16H26N4O/c1-2-7-17-14-6-8-18-15(13-14)16(21)19-9-12-20-10-4-3-5-11-20/h6,8,13H,2-5,7,9-12H2,1H3,(H,17,18)(H,19,21). The highest BCUT2D eigenvalue weighted by Gasteiger charge is 2.11. The smallest absolute Gasteiger partial charge is 0.269 e. The van der Waals surface area contributed by atoms with Gasteiger partial charge < -0.3 is 15.5 Å². The minimum Gasteiger partial charge on any atom is -0.385 e. The fourth-order valence-corrected chi connectivity index (χ4v) is 2.54. The Balaban J connectivity index is 1.76. The van der Waals surface area contributed by atoms with Gasteiger partial charge in [0.1, 0.15) is 5.69 Å². The molecule has 0 spiro atoms. The Morgan fingerprint density at radius 3 is 2.86 bits per heavy atom. The number of rotatable bonds is 7. The number of nitrogens with one attached hydrogen (secondary N) is 2. The van der Waals surface area contributed by atoms with Crippen LogP contribution in [0, 0.1) is 0 Å². The maximum atomic E-state index is 12.1. The first kappa shape index (κ1) is 15.8. The molecule has 0 aliphatic carbocycles. The largest absolute Gasteiger partial charge is 0.385 e. The molecule has 2 rings (SSSR count). The molecule has 5 nitrogen and oxygen atoms in total. The van der Waals surface area contributed by atoms with Crippen molar-refractivity contribution >= 4 is 11.6 Å². The normalized spacial score (nSPS) is 15.7. The number of hydrogen-bond donors (Lipinski definition) is 2. The zero-order chi connectivity index (χ0) is 14.9. The van der Waals surface area contributed by atoms with E-state index in [1.54, 1.807) is 6.20 Å². The van der Waals surface area contributed by atoms with Crippen molar-refractivity contribution in [2.45, 2.75) is 32.6 Å². The van der Waals surface area contributed by atoms with E-state index in [0.717, 1.165) is 38.3 Å². The molecule has 0 bridgehead atoms. The third-order valence-electron chi connectivity index (χ3n) is 3.73. The minimum absolute atomic E-state index is 0.0906. The van der Waals surface area contributed by atoms with Gasteiger partial charge in [0.15, 0.2) is 0 Å². The van der Waals surface area contributed by atoms with Crippen molar-refractivity contribution in [2.24, 2.45) is 0 Å². The second kappa shape index (κ2) is 8.62. The second-order valence-corrected chi connectivity index (χ2v) is 5.51. The molecule has 1 saturated heterocycles. The first-order chi connectivity index (χ1) is 10.3. The van der Waals surface area contributed by atoms with Crippen LogP contribution in [0.5, 0.6) is 0 Å². The van der Waals surface area contributed by atoms with Crippen LogP contribution in [0.1, 0.15) is 43.1 Å². The zero-order valence-electron chi connectivity index (χ0n) is 12.9. The van der Waals surface area contributed by atoms with E-state index in [-0.39, 0.29) is 5.91 Å². The Morgan fingerprint density at radius 2 is 2.10 bits per heavy atom. The van der Waals surface area contributed by atoms with Crippen LogP contribution in [0.15, 0.2) is 18.3 Å². The van der Waals surface area contributed by atoms with Gasteiger partial charge in [0, 0.05) is 31.5 Å². The van der Waals surface area contributed by atoms with Crippen molar-refractivity contribution in [3.63, 3.8) is 0 Å². The summed E-state index contributed by atoms with van der Waals surface area (Å²) >= 11 is 0. The van der Waals surface area contributed by atoms with Crippen LogP contribution in [0.3, 0.4) is 0 Å². The Morgan fingerprint density at radius 1 is 1.29 bits per heavy atom. The number of aromatic nitrogens is 1. The van der Waals surface area contributed by atoms with Crippen molar-refractivity contribution in [2.75, 3.05) is 38.0 Å². The molecule has 1 aromatic rings. The number of likely N-dealkylation sites (tertiary alicyclic amines) is 1. The van der Waals surface area contributed by atoms with Gasteiger partial charge in [-0.15, -0.1) is 0 Å². The summed E-state index contributed by atoms with van der Waals surface area (Å²) in [6, 6.07) is 3.70. The van der Waals surface area contributed by atoms with Gasteiger partial charge in [0.2, 0.25) is 0 Å². The molecule has 116 valence electrons. The van der Waals surface area contributed by atoms with Gasteiger partial charge in [-0.05, 0) is 44.5 Å². The van der Waals surface area contributed by atoms with Crippen LogP contribution in [-0.4, -0.2) is 48.5 Å². The van der Waals surface area contributed by atoms with Crippen molar-refractivity contribution in [3.8, 4) is 0 Å². The van der Waals surface area contributed by atoms with Gasteiger partial charge in [0.25, 0.3) is 5.91 Å². The molecule has 1 fully saturated rings. The third kappa shape index (κ3) is 5.34. The summed E-state index contributed by atoms with van der Waals surface area (Å²) in [4.78, 5) is 18.7. The van der Waals surface area contributed by atoms with Crippen molar-refractivity contribution in [3.05, 3.63) is 24.0 Å². The number of carbonyl (C=O) groups excluding carboxylic acids is 1. The van der Waals surface area contributed by atoms with Crippen LogP contribution >= 0.6 is 0 Å². The minimum atomic E-state index is -0.0906. The van der Waals surface area contributed by atoms with E-state index < -0.39 is 0 Å². The molecule has 2 heterocycles. The van der Waals surface area contributed by atoms with E-state index in [0.29, 0.717) is 12.2 Å². The summed E-state index contributed by atoms with van der Waals surface area (Å²) < 4.78 is 0. The average molecular weight is 290 g/mol. The van der Waals surface area contributed by atoms with E-state index in [1.807, 2.05) is 12.1 Å². The number of amides is 1. The predicted octanol–water partition coefficient (Wildman–Crippen LogP) is 2.12. The Bertz CT molecular complexity index is 444. The second-order valence-electron chi connectivity index (χ2n) is 5.51. The lowest BCUT2D eigenvalue weighted by Crippen LogP contribution is -2.37. The van der Waals surface area contributed by atoms with Crippen molar-refractivity contribution in [1.29, 1.82) is 0 Å². The van der Waals surface area contributed by atoms with E-state index in [2.05, 4.69) is 27.4 Å². The van der Waals surface area contributed by atoms with Gasteiger partial charge in [0.05, 0.1) is 0 Å². The number of piperidine rings is 1. The first-order valence-corrected chi connectivity index (χ1v) is 8.00. The highest BCUT2D eigenvalue weighted by atomic mass is 16.1. The lowest BCUT2D eigenvalue weighted by atomic mass is 10.1. The van der Waals surface area contributed by atoms with Crippen LogP contribution in [0.25, 0.3) is 0 Å². The van der Waals surface area contributed by atoms with Gasteiger partial charge in [-0.3, -0.25) is 9.78 Å². The molecule has 1 aliphatic rings. The molecule has 0 radical (unpaired) electrons. The summed E-state index contributed by atoms with van der Waals surface area (Å²) in [5, 5.41) is 6.23. The van der Waals surface area contributed by atoms with Crippen LogP contribution < -0.4 is 10.6 Å².